The van der Waals surface area contributed by atoms with Gasteiger partial charge in [0.15, 0.2) is 0 Å². The molecule has 0 saturated heterocycles. The second-order valence-corrected chi connectivity index (χ2v) is 6.78. The van der Waals surface area contributed by atoms with E-state index in [9.17, 15) is 5.11 Å². The maximum Gasteiger partial charge on any atom is 0.0841 e. The molecule has 4 heteroatoms. The Kier molecular flexibility index (Phi) is 3.51. The number of nitrogens with zero attached hydrogens (tertiary/aromatic N) is 1. The third-order valence-electron chi connectivity index (χ3n) is 5.31. The molecule has 0 aliphatic heterocycles. The molecule has 4 nitrogen and oxygen atoms in total. The van der Waals surface area contributed by atoms with E-state index >= 15 is 0 Å². The third kappa shape index (κ3) is 2.46. The highest BCUT2D eigenvalue weighted by atomic mass is 16.3. The summed E-state index contributed by atoms with van der Waals surface area (Å²) in [4.78, 5) is 0. The lowest BCUT2D eigenvalue weighted by atomic mass is 9.72. The van der Waals surface area contributed by atoms with Crippen molar-refractivity contribution in [3.05, 3.63) is 53.3 Å². The standard InChI is InChI=1S/C18H23N3O/c22-18(9-4-10-18)17(13-5-2-1-3-6-13)20-15-8-7-14-12-19-21-16(14)11-15/h1-3,5-6,12,15,17,20,22H,4,7-11H2,(H,19,21). The van der Waals surface area contributed by atoms with Crippen LogP contribution in [0.3, 0.4) is 0 Å². The fourth-order valence-electron chi connectivity index (χ4n) is 3.82. The van der Waals surface area contributed by atoms with Crippen LogP contribution in [0.1, 0.15) is 48.5 Å². The quantitative estimate of drug-likeness (QED) is 0.812. The van der Waals surface area contributed by atoms with Crippen LogP contribution in [0.2, 0.25) is 0 Å². The fourth-order valence-corrected chi connectivity index (χ4v) is 3.82. The van der Waals surface area contributed by atoms with Gasteiger partial charge in [-0.25, -0.2) is 0 Å². The Morgan fingerprint density at radius 3 is 2.82 bits per heavy atom. The van der Waals surface area contributed by atoms with E-state index in [1.807, 2.05) is 12.3 Å². The zero-order valence-electron chi connectivity index (χ0n) is 12.8. The van der Waals surface area contributed by atoms with Gasteiger partial charge in [0, 0.05) is 18.2 Å². The molecule has 116 valence electrons. The Morgan fingerprint density at radius 2 is 2.09 bits per heavy atom. The van der Waals surface area contributed by atoms with Crippen molar-refractivity contribution >= 4 is 0 Å². The van der Waals surface area contributed by atoms with Gasteiger partial charge in [0.2, 0.25) is 0 Å². The zero-order chi connectivity index (χ0) is 15.0. The maximum absolute atomic E-state index is 10.9. The summed E-state index contributed by atoms with van der Waals surface area (Å²) >= 11 is 0. The molecule has 0 bridgehead atoms. The summed E-state index contributed by atoms with van der Waals surface area (Å²) in [6.45, 7) is 0. The van der Waals surface area contributed by atoms with E-state index in [1.165, 1.54) is 16.8 Å². The lowest BCUT2D eigenvalue weighted by Gasteiger charge is -2.45. The molecule has 1 fully saturated rings. The fraction of sp³-hybridized carbons (Fsp3) is 0.500. The minimum Gasteiger partial charge on any atom is -0.388 e. The monoisotopic (exact) mass is 297 g/mol. The summed E-state index contributed by atoms with van der Waals surface area (Å²) in [5.41, 5.74) is 3.20. The van der Waals surface area contributed by atoms with Crippen molar-refractivity contribution < 1.29 is 5.11 Å². The van der Waals surface area contributed by atoms with Crippen molar-refractivity contribution in [3.8, 4) is 0 Å². The number of hydrogen-bond acceptors (Lipinski definition) is 3. The van der Waals surface area contributed by atoms with Crippen LogP contribution >= 0.6 is 0 Å². The number of aryl methyl sites for hydroxylation is 1. The van der Waals surface area contributed by atoms with E-state index in [2.05, 4.69) is 39.8 Å². The first kappa shape index (κ1) is 14.0. The van der Waals surface area contributed by atoms with Gasteiger partial charge in [-0.05, 0) is 43.2 Å². The van der Waals surface area contributed by atoms with Crippen LogP contribution in [0.25, 0.3) is 0 Å². The molecular weight excluding hydrogens is 274 g/mol. The molecule has 1 aromatic carbocycles. The van der Waals surface area contributed by atoms with Crippen molar-refractivity contribution in [2.75, 3.05) is 0 Å². The van der Waals surface area contributed by atoms with Crippen LogP contribution in [-0.4, -0.2) is 26.9 Å². The minimum atomic E-state index is -0.588. The number of fused-ring (bicyclic) bond motifs is 1. The van der Waals surface area contributed by atoms with Gasteiger partial charge in [0.25, 0.3) is 0 Å². The average Bonchev–Trinajstić information content (AvgIpc) is 2.99. The molecule has 3 N–H and O–H groups in total. The second-order valence-electron chi connectivity index (χ2n) is 6.78. The molecule has 2 unspecified atom stereocenters. The molecule has 2 aliphatic rings. The van der Waals surface area contributed by atoms with E-state index in [0.717, 1.165) is 38.5 Å². The van der Waals surface area contributed by atoms with Crippen molar-refractivity contribution in [2.24, 2.45) is 0 Å². The van der Waals surface area contributed by atoms with Crippen molar-refractivity contribution in [1.29, 1.82) is 0 Å². The summed E-state index contributed by atoms with van der Waals surface area (Å²) in [6.07, 6.45) is 7.98. The Hall–Kier alpha value is -1.65. The summed E-state index contributed by atoms with van der Waals surface area (Å²) in [5, 5.41) is 21.9. The predicted octanol–water partition coefficient (Wildman–Crippen LogP) is 2.51. The number of aromatic nitrogens is 2. The molecule has 1 aromatic heterocycles. The molecule has 0 amide bonds. The van der Waals surface area contributed by atoms with Gasteiger partial charge in [0.1, 0.15) is 0 Å². The summed E-state index contributed by atoms with van der Waals surface area (Å²) < 4.78 is 0. The Labute approximate surface area is 131 Å². The van der Waals surface area contributed by atoms with Crippen LogP contribution in [0.4, 0.5) is 0 Å². The Bertz CT molecular complexity index is 633. The smallest absolute Gasteiger partial charge is 0.0841 e. The molecular formula is C18H23N3O. The number of hydrogen-bond donors (Lipinski definition) is 3. The van der Waals surface area contributed by atoms with Gasteiger partial charge in [-0.1, -0.05) is 30.3 Å². The highest BCUT2D eigenvalue weighted by Crippen LogP contribution is 2.42. The maximum atomic E-state index is 10.9. The SMILES string of the molecule is OC1(C(NC2CCc3cn[nH]c3C2)c2ccccc2)CCC1. The molecule has 2 aromatic rings. The van der Waals surface area contributed by atoms with E-state index in [4.69, 9.17) is 0 Å². The normalized spacial score (nSPS) is 24.3. The number of H-pyrrole nitrogens is 1. The zero-order valence-corrected chi connectivity index (χ0v) is 12.8. The average molecular weight is 297 g/mol. The number of nitrogens with one attached hydrogen (secondary N) is 2. The molecule has 22 heavy (non-hydrogen) atoms. The minimum absolute atomic E-state index is 0.0249. The first-order valence-electron chi connectivity index (χ1n) is 8.29. The third-order valence-corrected chi connectivity index (χ3v) is 5.31. The number of aromatic amines is 1. The molecule has 1 saturated carbocycles. The van der Waals surface area contributed by atoms with Crippen molar-refractivity contribution in [3.63, 3.8) is 0 Å². The van der Waals surface area contributed by atoms with Gasteiger partial charge < -0.3 is 10.4 Å². The van der Waals surface area contributed by atoms with E-state index in [1.54, 1.807) is 0 Å². The summed E-state index contributed by atoms with van der Waals surface area (Å²) in [7, 11) is 0. The van der Waals surface area contributed by atoms with Crippen LogP contribution in [0, 0.1) is 0 Å². The molecule has 4 rings (SSSR count). The lowest BCUT2D eigenvalue weighted by Crippen LogP contribution is -2.52. The van der Waals surface area contributed by atoms with Gasteiger partial charge >= 0.3 is 0 Å². The van der Waals surface area contributed by atoms with E-state index in [-0.39, 0.29) is 6.04 Å². The first-order valence-corrected chi connectivity index (χ1v) is 8.29. The molecule has 0 spiro atoms. The van der Waals surface area contributed by atoms with Gasteiger partial charge in [0.05, 0.1) is 17.8 Å². The van der Waals surface area contributed by atoms with Crippen LogP contribution in [0.5, 0.6) is 0 Å². The van der Waals surface area contributed by atoms with Crippen molar-refractivity contribution in [2.45, 2.75) is 56.2 Å². The van der Waals surface area contributed by atoms with Gasteiger partial charge in [-0.15, -0.1) is 0 Å². The largest absolute Gasteiger partial charge is 0.388 e. The van der Waals surface area contributed by atoms with E-state index in [0.29, 0.717) is 6.04 Å². The first-order chi connectivity index (χ1) is 10.7. The van der Waals surface area contributed by atoms with Crippen LogP contribution in [0.15, 0.2) is 36.5 Å². The number of aliphatic hydroxyl groups is 1. The summed E-state index contributed by atoms with van der Waals surface area (Å²) in [5.74, 6) is 0. The van der Waals surface area contributed by atoms with Gasteiger partial charge in [-0.2, -0.15) is 5.10 Å². The van der Waals surface area contributed by atoms with Gasteiger partial charge in [-0.3, -0.25) is 5.10 Å². The highest BCUT2D eigenvalue weighted by molar-refractivity contribution is 5.25. The van der Waals surface area contributed by atoms with E-state index < -0.39 is 5.60 Å². The highest BCUT2D eigenvalue weighted by Gasteiger charge is 2.43. The van der Waals surface area contributed by atoms with Crippen LogP contribution < -0.4 is 5.32 Å². The lowest BCUT2D eigenvalue weighted by molar-refractivity contribution is -0.0695. The Morgan fingerprint density at radius 1 is 1.27 bits per heavy atom. The topological polar surface area (TPSA) is 60.9 Å². The molecule has 0 radical (unpaired) electrons. The number of rotatable bonds is 4. The summed E-state index contributed by atoms with van der Waals surface area (Å²) in [6, 6.07) is 10.8. The molecule has 2 aliphatic carbocycles. The second kappa shape index (κ2) is 5.52. The Balaban J connectivity index is 1.55. The molecule has 2 atom stereocenters. The predicted molar refractivity (Wildman–Crippen MR) is 85.5 cm³/mol. The molecule has 1 heterocycles. The van der Waals surface area contributed by atoms with Crippen LogP contribution in [-0.2, 0) is 12.8 Å². The number of benzene rings is 1. The van der Waals surface area contributed by atoms with Crippen molar-refractivity contribution in [1.82, 2.24) is 15.5 Å².